The second kappa shape index (κ2) is 7.35. The van der Waals surface area contributed by atoms with Crippen molar-refractivity contribution in [2.75, 3.05) is 7.11 Å². The Hall–Kier alpha value is -3.74. The normalized spacial score (nSPS) is 12.1. The van der Waals surface area contributed by atoms with Crippen LogP contribution >= 0.6 is 0 Å². The van der Waals surface area contributed by atoms with Gasteiger partial charge in [-0.05, 0) is 13.0 Å². The van der Waals surface area contributed by atoms with Crippen LogP contribution in [-0.2, 0) is 11.8 Å². The van der Waals surface area contributed by atoms with Crippen LogP contribution in [0.2, 0.25) is 0 Å². The van der Waals surface area contributed by atoms with E-state index in [-0.39, 0.29) is 0 Å². The van der Waals surface area contributed by atoms with Gasteiger partial charge >= 0.3 is 0 Å². The summed E-state index contributed by atoms with van der Waals surface area (Å²) in [6, 6.07) is 13.6. The molecule has 1 atom stereocenters. The number of hydrogen-bond acceptors (Lipinski definition) is 5. The van der Waals surface area contributed by atoms with E-state index in [9.17, 15) is 4.79 Å². The number of methoxy groups -OCH3 is 1. The number of carbonyl (C=O) groups is 1. The zero-order valence-corrected chi connectivity index (χ0v) is 16.5. The van der Waals surface area contributed by atoms with Crippen molar-refractivity contribution < 1.29 is 9.53 Å². The maximum atomic E-state index is 11.8. The first-order valence-electron chi connectivity index (χ1n) is 9.21. The number of hydrogen-bond donors (Lipinski definition) is 1. The summed E-state index contributed by atoms with van der Waals surface area (Å²) in [7, 11) is 3.44. The van der Waals surface area contributed by atoms with Crippen LogP contribution in [-0.4, -0.2) is 32.8 Å². The molecule has 4 aromatic rings. The van der Waals surface area contributed by atoms with Crippen LogP contribution in [0.5, 0.6) is 5.75 Å². The average molecular weight is 387 g/mol. The summed E-state index contributed by atoms with van der Waals surface area (Å²) < 4.78 is 7.25. The molecule has 1 amide bonds. The van der Waals surface area contributed by atoms with Crippen molar-refractivity contribution in [3.8, 4) is 28.3 Å². The molecule has 7 nitrogen and oxygen atoms in total. The molecule has 0 aliphatic heterocycles. The van der Waals surface area contributed by atoms with Gasteiger partial charge in [0.1, 0.15) is 17.8 Å². The lowest BCUT2D eigenvalue weighted by atomic mass is 9.95. The van der Waals surface area contributed by atoms with E-state index in [0.717, 1.165) is 33.4 Å². The smallest absolute Gasteiger partial charge is 0.224 e. The Labute approximate surface area is 168 Å². The maximum Gasteiger partial charge on any atom is 0.224 e. The molecule has 0 fully saturated rings. The highest BCUT2D eigenvalue weighted by molar-refractivity contribution is 5.97. The molecule has 0 aliphatic carbocycles. The number of ether oxygens (including phenoxy) is 1. The first kappa shape index (κ1) is 18.6. The quantitative estimate of drug-likeness (QED) is 0.567. The van der Waals surface area contributed by atoms with E-state index in [1.165, 1.54) is 6.33 Å². The van der Waals surface area contributed by atoms with E-state index in [0.29, 0.717) is 11.3 Å². The molecular formula is C22H21N5O2. The second-order valence-corrected chi connectivity index (χ2v) is 6.89. The lowest BCUT2D eigenvalue weighted by Crippen LogP contribution is -2.19. The Morgan fingerprint density at radius 2 is 1.90 bits per heavy atom. The van der Waals surface area contributed by atoms with Gasteiger partial charge in [-0.1, -0.05) is 30.3 Å². The minimum Gasteiger partial charge on any atom is -0.496 e. The number of benzene rings is 2. The van der Waals surface area contributed by atoms with Crippen molar-refractivity contribution >= 4 is 16.8 Å². The van der Waals surface area contributed by atoms with Gasteiger partial charge in [0.25, 0.3) is 0 Å². The standard InChI is InChI=1S/C22H21N5O2/c1-13(22(23)28)15-9-16-18(10-19(15)29-3)24-12-25-21(16)17-11-27(2)26-20(17)14-7-5-4-6-8-14/h4-13H,1-3H3,(H2,23,28). The summed E-state index contributed by atoms with van der Waals surface area (Å²) in [5, 5.41) is 5.45. The third kappa shape index (κ3) is 3.31. The van der Waals surface area contributed by atoms with Crippen molar-refractivity contribution in [3.63, 3.8) is 0 Å². The lowest BCUT2D eigenvalue weighted by Gasteiger charge is -2.15. The molecular weight excluding hydrogens is 366 g/mol. The maximum absolute atomic E-state index is 11.8. The van der Waals surface area contributed by atoms with Crippen LogP contribution in [0.15, 0.2) is 55.0 Å². The topological polar surface area (TPSA) is 95.9 Å². The van der Waals surface area contributed by atoms with Gasteiger partial charge in [-0.2, -0.15) is 5.10 Å². The number of fused-ring (bicyclic) bond motifs is 1. The summed E-state index contributed by atoms with van der Waals surface area (Å²) >= 11 is 0. The van der Waals surface area contributed by atoms with E-state index in [1.54, 1.807) is 18.7 Å². The summed E-state index contributed by atoms with van der Waals surface area (Å²) in [5.74, 6) is -0.361. The molecule has 2 aromatic heterocycles. The number of aromatic nitrogens is 4. The number of primary amides is 1. The van der Waals surface area contributed by atoms with Crippen molar-refractivity contribution in [1.82, 2.24) is 19.7 Å². The first-order valence-corrected chi connectivity index (χ1v) is 9.21. The molecule has 0 bridgehead atoms. The van der Waals surface area contributed by atoms with Crippen molar-refractivity contribution in [1.29, 1.82) is 0 Å². The van der Waals surface area contributed by atoms with E-state index >= 15 is 0 Å². The van der Waals surface area contributed by atoms with Crippen LogP contribution in [0.25, 0.3) is 33.4 Å². The summed E-state index contributed by atoms with van der Waals surface area (Å²) in [5.41, 5.74) is 10.4. The van der Waals surface area contributed by atoms with Gasteiger partial charge in [0.05, 0.1) is 24.2 Å². The molecule has 0 saturated carbocycles. The number of aryl methyl sites for hydroxylation is 1. The van der Waals surface area contributed by atoms with Crippen LogP contribution in [0.1, 0.15) is 18.4 Å². The van der Waals surface area contributed by atoms with Crippen LogP contribution in [0.3, 0.4) is 0 Å². The van der Waals surface area contributed by atoms with Crippen molar-refractivity contribution in [2.24, 2.45) is 12.8 Å². The summed E-state index contributed by atoms with van der Waals surface area (Å²) in [4.78, 5) is 20.8. The van der Waals surface area contributed by atoms with Gasteiger partial charge < -0.3 is 10.5 Å². The fourth-order valence-electron chi connectivity index (χ4n) is 3.45. The molecule has 0 spiro atoms. The minimum absolute atomic E-state index is 0.424. The van der Waals surface area contributed by atoms with Crippen LogP contribution < -0.4 is 10.5 Å². The number of nitrogens with two attached hydrogens (primary N) is 1. The van der Waals surface area contributed by atoms with Gasteiger partial charge in [-0.15, -0.1) is 0 Å². The highest BCUT2D eigenvalue weighted by atomic mass is 16.5. The van der Waals surface area contributed by atoms with E-state index < -0.39 is 11.8 Å². The first-order chi connectivity index (χ1) is 14.0. The highest BCUT2D eigenvalue weighted by Gasteiger charge is 2.21. The van der Waals surface area contributed by atoms with Crippen LogP contribution in [0, 0.1) is 0 Å². The molecule has 2 aromatic carbocycles. The van der Waals surface area contributed by atoms with Crippen molar-refractivity contribution in [3.05, 3.63) is 60.6 Å². The number of rotatable bonds is 5. The highest BCUT2D eigenvalue weighted by Crippen LogP contribution is 2.37. The molecule has 0 aliphatic rings. The molecule has 0 saturated heterocycles. The SMILES string of the molecule is COc1cc2ncnc(-c3cn(C)nc3-c3ccccc3)c2cc1C(C)C(N)=O. The van der Waals surface area contributed by atoms with Gasteiger partial charge in [0.2, 0.25) is 5.91 Å². The molecule has 0 radical (unpaired) electrons. The lowest BCUT2D eigenvalue weighted by molar-refractivity contribution is -0.119. The molecule has 2 N–H and O–H groups in total. The number of amides is 1. The van der Waals surface area contributed by atoms with Crippen LogP contribution in [0.4, 0.5) is 0 Å². The van der Waals surface area contributed by atoms with Gasteiger partial charge in [0.15, 0.2) is 0 Å². The molecule has 4 rings (SSSR count). The third-order valence-corrected chi connectivity index (χ3v) is 5.01. The van der Waals surface area contributed by atoms with E-state index in [4.69, 9.17) is 10.5 Å². The predicted molar refractivity (Wildman–Crippen MR) is 111 cm³/mol. The number of carbonyl (C=O) groups excluding carboxylic acids is 1. The van der Waals surface area contributed by atoms with Gasteiger partial charge in [-0.25, -0.2) is 9.97 Å². The van der Waals surface area contributed by atoms with E-state index in [1.807, 2.05) is 55.7 Å². The Bertz CT molecular complexity index is 1200. The number of nitrogens with zero attached hydrogens (tertiary/aromatic N) is 4. The monoisotopic (exact) mass is 387 g/mol. The zero-order chi connectivity index (χ0) is 20.5. The Kier molecular flexibility index (Phi) is 4.72. The Balaban J connectivity index is 1.99. The predicted octanol–water partition coefficient (Wildman–Crippen LogP) is 3.29. The van der Waals surface area contributed by atoms with Gasteiger partial charge in [-0.3, -0.25) is 9.48 Å². The van der Waals surface area contributed by atoms with Gasteiger partial charge in [0, 0.05) is 41.4 Å². The largest absolute Gasteiger partial charge is 0.496 e. The molecule has 7 heteroatoms. The summed E-state index contributed by atoms with van der Waals surface area (Å²) in [6.07, 6.45) is 3.46. The minimum atomic E-state index is -0.509. The molecule has 1 unspecified atom stereocenters. The fourth-order valence-corrected chi connectivity index (χ4v) is 3.45. The third-order valence-electron chi connectivity index (χ3n) is 5.01. The molecule has 146 valence electrons. The summed E-state index contributed by atoms with van der Waals surface area (Å²) in [6.45, 7) is 1.76. The molecule has 2 heterocycles. The zero-order valence-electron chi connectivity index (χ0n) is 16.5. The Morgan fingerprint density at radius 3 is 2.59 bits per heavy atom. The average Bonchev–Trinajstić information content (AvgIpc) is 3.13. The second-order valence-electron chi connectivity index (χ2n) is 6.89. The molecule has 29 heavy (non-hydrogen) atoms. The fraction of sp³-hybridized carbons (Fsp3) is 0.182. The van der Waals surface area contributed by atoms with E-state index in [2.05, 4.69) is 15.1 Å². The van der Waals surface area contributed by atoms with Crippen molar-refractivity contribution in [2.45, 2.75) is 12.8 Å². The Morgan fingerprint density at radius 1 is 1.14 bits per heavy atom.